The van der Waals surface area contributed by atoms with Gasteiger partial charge in [-0.2, -0.15) is 0 Å². The van der Waals surface area contributed by atoms with Crippen molar-refractivity contribution in [3.05, 3.63) is 181 Å². The fourth-order valence-electron chi connectivity index (χ4n) is 9.62. The number of nitrogens with zero attached hydrogens (tertiary/aromatic N) is 1. The summed E-state index contributed by atoms with van der Waals surface area (Å²) in [4.78, 5) is 2.55. The normalized spacial score (nSPS) is 15.0. The summed E-state index contributed by atoms with van der Waals surface area (Å²) in [5, 5.41) is 5.01. The molecule has 2 heteroatoms. The molecule has 1 fully saturated rings. The zero-order chi connectivity index (χ0) is 39.2. The molecule has 0 spiro atoms. The largest absolute Gasteiger partial charge is 0.456 e. The molecule has 0 radical (unpaired) electrons. The van der Waals surface area contributed by atoms with E-state index in [9.17, 15) is 0 Å². The van der Waals surface area contributed by atoms with Crippen LogP contribution in [0.3, 0.4) is 0 Å². The summed E-state index contributed by atoms with van der Waals surface area (Å²) in [5.41, 5.74) is 15.4. The standard InChI is InChI=1S/C56H51NO/c1-56(2,3)43-32-34-45(38-17-6-4-7-18-38)52(37-43)57(44-24-14-23-41(35-44)42-31-33-49-48-26-11-13-30-53(48)58-54(49)36-42)51-29-12-10-25-47(51)50-28-16-22-40-21-15-27-46(55(40)50)39-19-8-5-9-20-39/h6,10-18,21-37,39H,4-5,7-9,19-20H2,1-3H3. The number of fused-ring (bicyclic) bond motifs is 4. The van der Waals surface area contributed by atoms with E-state index < -0.39 is 0 Å². The highest BCUT2D eigenvalue weighted by molar-refractivity contribution is 6.07. The van der Waals surface area contributed by atoms with Crippen LogP contribution in [0.4, 0.5) is 17.1 Å². The first kappa shape index (κ1) is 36.2. The third-order valence-corrected chi connectivity index (χ3v) is 12.6. The quantitative estimate of drug-likeness (QED) is 0.161. The maximum Gasteiger partial charge on any atom is 0.136 e. The van der Waals surface area contributed by atoms with E-state index in [1.807, 2.05) is 6.07 Å². The molecule has 58 heavy (non-hydrogen) atoms. The van der Waals surface area contributed by atoms with Gasteiger partial charge in [0.25, 0.3) is 0 Å². The van der Waals surface area contributed by atoms with Crippen molar-refractivity contribution in [1.29, 1.82) is 0 Å². The number of hydrogen-bond acceptors (Lipinski definition) is 2. The zero-order valence-corrected chi connectivity index (χ0v) is 34.0. The third kappa shape index (κ3) is 6.65. The van der Waals surface area contributed by atoms with Crippen LogP contribution in [0, 0.1) is 0 Å². The first-order valence-corrected chi connectivity index (χ1v) is 21.4. The molecular weight excluding hydrogens is 703 g/mol. The smallest absolute Gasteiger partial charge is 0.136 e. The number of para-hydroxylation sites is 2. The van der Waals surface area contributed by atoms with Gasteiger partial charge in [0.05, 0.1) is 11.4 Å². The minimum Gasteiger partial charge on any atom is -0.456 e. The fourth-order valence-corrected chi connectivity index (χ4v) is 9.62. The third-order valence-electron chi connectivity index (χ3n) is 12.6. The van der Waals surface area contributed by atoms with E-state index >= 15 is 0 Å². The predicted octanol–water partition coefficient (Wildman–Crippen LogP) is 16.6. The first-order valence-electron chi connectivity index (χ1n) is 21.4. The van der Waals surface area contributed by atoms with Crippen molar-refractivity contribution in [3.63, 3.8) is 0 Å². The first-order chi connectivity index (χ1) is 28.4. The summed E-state index contributed by atoms with van der Waals surface area (Å²) in [6, 6.07) is 54.3. The Bertz CT molecular complexity index is 2870. The Labute approximate surface area is 343 Å². The van der Waals surface area contributed by atoms with Gasteiger partial charge in [-0.15, -0.1) is 0 Å². The topological polar surface area (TPSA) is 16.4 Å². The molecule has 0 bridgehead atoms. The Morgan fingerprint density at radius 1 is 0.569 bits per heavy atom. The molecule has 2 aliphatic carbocycles. The highest BCUT2D eigenvalue weighted by Crippen LogP contribution is 2.48. The molecule has 2 aliphatic rings. The van der Waals surface area contributed by atoms with Crippen LogP contribution in [0.5, 0.6) is 0 Å². The summed E-state index contributed by atoms with van der Waals surface area (Å²) in [6.07, 6.45) is 15.7. The van der Waals surface area contributed by atoms with E-state index in [0.29, 0.717) is 5.92 Å². The van der Waals surface area contributed by atoms with Crippen LogP contribution in [-0.4, -0.2) is 0 Å². The van der Waals surface area contributed by atoms with Gasteiger partial charge in [-0.1, -0.05) is 161 Å². The highest BCUT2D eigenvalue weighted by atomic mass is 16.3. The Morgan fingerprint density at radius 3 is 2.17 bits per heavy atom. The Morgan fingerprint density at radius 2 is 1.33 bits per heavy atom. The van der Waals surface area contributed by atoms with Gasteiger partial charge >= 0.3 is 0 Å². The summed E-state index contributed by atoms with van der Waals surface area (Å²) < 4.78 is 6.39. The number of allylic oxidation sites excluding steroid dienone is 4. The molecule has 286 valence electrons. The maximum absolute atomic E-state index is 6.39. The van der Waals surface area contributed by atoms with Crippen LogP contribution < -0.4 is 4.90 Å². The second kappa shape index (κ2) is 15.0. The van der Waals surface area contributed by atoms with Crippen LogP contribution in [-0.2, 0) is 5.41 Å². The minimum atomic E-state index is -0.0381. The van der Waals surface area contributed by atoms with Crippen molar-refractivity contribution in [3.8, 4) is 22.3 Å². The Hall–Kier alpha value is -6.12. The molecule has 8 aromatic rings. The lowest BCUT2D eigenvalue weighted by Gasteiger charge is -2.33. The van der Waals surface area contributed by atoms with Gasteiger partial charge in [0.1, 0.15) is 11.2 Å². The maximum atomic E-state index is 6.39. The molecule has 10 rings (SSSR count). The zero-order valence-electron chi connectivity index (χ0n) is 34.0. The highest BCUT2D eigenvalue weighted by Gasteiger charge is 2.26. The molecule has 1 heterocycles. The number of hydrogen-bond donors (Lipinski definition) is 0. The SMILES string of the molecule is CC(C)(C)c1ccc(C2=CCCC=C2)c(N(c2cccc(-c3ccc4c(c3)oc3ccccc34)c2)c2ccccc2-c2cccc3cccc(C4CCCCC4)c23)c1. The van der Waals surface area contributed by atoms with Gasteiger partial charge in [-0.05, 0) is 124 Å². The van der Waals surface area contributed by atoms with Crippen molar-refractivity contribution in [2.75, 3.05) is 4.90 Å². The molecule has 7 aromatic carbocycles. The Kier molecular flexibility index (Phi) is 9.37. The second-order valence-corrected chi connectivity index (χ2v) is 17.4. The van der Waals surface area contributed by atoms with E-state index in [1.54, 1.807) is 0 Å². The molecule has 0 aliphatic heterocycles. The summed E-state index contributed by atoms with van der Waals surface area (Å²) in [5.74, 6) is 0.586. The van der Waals surface area contributed by atoms with Crippen LogP contribution in [0.25, 0.3) is 60.5 Å². The van der Waals surface area contributed by atoms with Crippen molar-refractivity contribution in [2.24, 2.45) is 0 Å². The lowest BCUT2D eigenvalue weighted by Crippen LogP contribution is -2.17. The van der Waals surface area contributed by atoms with Crippen molar-refractivity contribution >= 4 is 55.3 Å². The summed E-state index contributed by atoms with van der Waals surface area (Å²) >= 11 is 0. The van der Waals surface area contributed by atoms with E-state index in [4.69, 9.17) is 4.42 Å². The fraction of sp³-hybridized carbons (Fsp3) is 0.214. The molecule has 0 saturated heterocycles. The summed E-state index contributed by atoms with van der Waals surface area (Å²) in [6.45, 7) is 6.96. The predicted molar refractivity (Wildman–Crippen MR) is 248 cm³/mol. The van der Waals surface area contributed by atoms with Gasteiger partial charge in [0, 0.05) is 27.6 Å². The molecular formula is C56H51NO. The van der Waals surface area contributed by atoms with Gasteiger partial charge in [0.15, 0.2) is 0 Å². The second-order valence-electron chi connectivity index (χ2n) is 17.4. The van der Waals surface area contributed by atoms with Crippen molar-refractivity contribution in [1.82, 2.24) is 0 Å². The van der Waals surface area contributed by atoms with Gasteiger partial charge in [0.2, 0.25) is 0 Å². The van der Waals surface area contributed by atoms with Gasteiger partial charge in [-0.3, -0.25) is 0 Å². The molecule has 2 nitrogen and oxygen atoms in total. The van der Waals surface area contributed by atoms with Crippen LogP contribution >= 0.6 is 0 Å². The molecule has 1 saturated carbocycles. The lowest BCUT2D eigenvalue weighted by atomic mass is 9.80. The molecule has 0 N–H and O–H groups in total. The number of furan rings is 1. The molecule has 0 amide bonds. The number of benzene rings is 7. The summed E-state index contributed by atoms with van der Waals surface area (Å²) in [7, 11) is 0. The van der Waals surface area contributed by atoms with E-state index in [0.717, 1.165) is 51.6 Å². The van der Waals surface area contributed by atoms with Crippen LogP contribution in [0.2, 0.25) is 0 Å². The number of rotatable bonds is 7. The lowest BCUT2D eigenvalue weighted by molar-refractivity contribution is 0.445. The Balaban J connectivity index is 1.22. The van der Waals surface area contributed by atoms with Crippen LogP contribution in [0.15, 0.2) is 168 Å². The van der Waals surface area contributed by atoms with Crippen molar-refractivity contribution in [2.45, 2.75) is 77.0 Å². The number of anilines is 3. The molecule has 0 unspecified atom stereocenters. The van der Waals surface area contributed by atoms with Crippen molar-refractivity contribution < 1.29 is 4.42 Å². The van der Waals surface area contributed by atoms with E-state index in [-0.39, 0.29) is 5.41 Å². The van der Waals surface area contributed by atoms with Gasteiger partial charge < -0.3 is 9.32 Å². The van der Waals surface area contributed by atoms with E-state index in [2.05, 4.69) is 183 Å². The monoisotopic (exact) mass is 753 g/mol. The minimum absolute atomic E-state index is 0.0381. The average Bonchev–Trinajstić information content (AvgIpc) is 3.65. The van der Waals surface area contributed by atoms with Crippen LogP contribution in [0.1, 0.15) is 88.3 Å². The average molecular weight is 754 g/mol. The molecule has 0 atom stereocenters. The van der Waals surface area contributed by atoms with E-state index in [1.165, 1.54) is 87.6 Å². The van der Waals surface area contributed by atoms with Gasteiger partial charge in [-0.25, -0.2) is 0 Å². The molecule has 1 aromatic heterocycles.